The molecule has 0 bridgehead atoms. The second kappa shape index (κ2) is 3.25. The zero-order valence-corrected chi connectivity index (χ0v) is 9.82. The van der Waals surface area contributed by atoms with Gasteiger partial charge in [-0.3, -0.25) is 0 Å². The monoisotopic (exact) mass is 227 g/mol. The lowest BCUT2D eigenvalue weighted by molar-refractivity contribution is 0.480. The third kappa shape index (κ3) is 1.38. The summed E-state index contributed by atoms with van der Waals surface area (Å²) < 4.78 is 0. The largest absolute Gasteiger partial charge is 0.399 e. The quantitative estimate of drug-likeness (QED) is 0.736. The molecule has 2 aliphatic rings. The number of aromatic amines is 1. The van der Waals surface area contributed by atoms with Gasteiger partial charge in [0.1, 0.15) is 5.82 Å². The molecule has 2 aromatic rings. The summed E-state index contributed by atoms with van der Waals surface area (Å²) in [6, 6.07) is 5.92. The number of H-pyrrole nitrogens is 1. The van der Waals surface area contributed by atoms with Crippen LogP contribution in [-0.4, -0.2) is 9.97 Å². The number of hydrogen-bond donors (Lipinski definition) is 2. The maximum Gasteiger partial charge on any atom is 0.110 e. The Hall–Kier alpha value is -1.51. The van der Waals surface area contributed by atoms with Crippen LogP contribution in [0.5, 0.6) is 0 Å². The third-order valence-electron chi connectivity index (χ3n) is 4.50. The first-order valence-corrected chi connectivity index (χ1v) is 6.58. The van der Waals surface area contributed by atoms with Gasteiger partial charge in [-0.05, 0) is 42.9 Å². The predicted octanol–water partition coefficient (Wildman–Crippen LogP) is 3.05. The molecule has 0 saturated heterocycles. The van der Waals surface area contributed by atoms with Crippen molar-refractivity contribution in [2.45, 2.75) is 31.6 Å². The molecule has 88 valence electrons. The van der Waals surface area contributed by atoms with E-state index in [2.05, 4.69) is 4.98 Å². The number of nitrogen functional groups attached to an aromatic ring is 1. The number of nitrogens with two attached hydrogens (primary N) is 1. The van der Waals surface area contributed by atoms with Crippen molar-refractivity contribution in [2.75, 3.05) is 5.73 Å². The molecule has 3 heteroatoms. The van der Waals surface area contributed by atoms with E-state index in [4.69, 9.17) is 10.7 Å². The number of anilines is 1. The SMILES string of the molecule is Nc1ccc2nc(C3C4CCCCC43)[nH]c2c1. The van der Waals surface area contributed by atoms with Crippen molar-refractivity contribution in [1.82, 2.24) is 9.97 Å². The van der Waals surface area contributed by atoms with Crippen molar-refractivity contribution in [3.8, 4) is 0 Å². The van der Waals surface area contributed by atoms with Gasteiger partial charge in [0.25, 0.3) is 0 Å². The first kappa shape index (κ1) is 9.51. The summed E-state index contributed by atoms with van der Waals surface area (Å²) in [7, 11) is 0. The van der Waals surface area contributed by atoms with Crippen molar-refractivity contribution in [3.05, 3.63) is 24.0 Å². The van der Waals surface area contributed by atoms with Crippen LogP contribution >= 0.6 is 0 Å². The Labute approximate surface area is 100 Å². The molecule has 2 unspecified atom stereocenters. The van der Waals surface area contributed by atoms with E-state index < -0.39 is 0 Å². The molecule has 0 aliphatic heterocycles. The second-order valence-electron chi connectivity index (χ2n) is 5.54. The maximum atomic E-state index is 5.79. The van der Waals surface area contributed by atoms with Crippen LogP contribution in [0.3, 0.4) is 0 Å². The normalized spacial score (nSPS) is 31.4. The molecule has 1 aromatic carbocycles. The summed E-state index contributed by atoms with van der Waals surface area (Å²) >= 11 is 0. The molecule has 2 fully saturated rings. The first-order valence-electron chi connectivity index (χ1n) is 6.58. The van der Waals surface area contributed by atoms with Gasteiger partial charge in [0, 0.05) is 11.6 Å². The highest BCUT2D eigenvalue weighted by atomic mass is 15.0. The van der Waals surface area contributed by atoms with Crippen LogP contribution < -0.4 is 5.73 Å². The van der Waals surface area contributed by atoms with E-state index in [-0.39, 0.29) is 0 Å². The highest BCUT2D eigenvalue weighted by Gasteiger charge is 2.52. The minimum Gasteiger partial charge on any atom is -0.399 e. The van der Waals surface area contributed by atoms with Gasteiger partial charge in [-0.1, -0.05) is 12.8 Å². The van der Waals surface area contributed by atoms with E-state index in [9.17, 15) is 0 Å². The smallest absolute Gasteiger partial charge is 0.110 e. The summed E-state index contributed by atoms with van der Waals surface area (Å²) in [5.74, 6) is 3.71. The van der Waals surface area contributed by atoms with Crippen molar-refractivity contribution < 1.29 is 0 Å². The minimum atomic E-state index is 0.700. The zero-order valence-electron chi connectivity index (χ0n) is 9.82. The molecule has 17 heavy (non-hydrogen) atoms. The van der Waals surface area contributed by atoms with Crippen LogP contribution in [-0.2, 0) is 0 Å². The number of nitrogens with zero attached hydrogens (tertiary/aromatic N) is 1. The summed E-state index contributed by atoms with van der Waals surface area (Å²) in [5.41, 5.74) is 8.74. The summed E-state index contributed by atoms with van der Waals surface area (Å²) in [4.78, 5) is 8.19. The molecule has 3 N–H and O–H groups in total. The molecule has 2 atom stereocenters. The molecule has 2 saturated carbocycles. The standard InChI is InChI=1S/C14H17N3/c15-8-5-6-11-12(7-8)17-14(16-11)13-9-3-1-2-4-10(9)13/h5-7,9-10,13H,1-4,15H2,(H,16,17). The lowest BCUT2D eigenvalue weighted by Crippen LogP contribution is -1.91. The van der Waals surface area contributed by atoms with E-state index in [1.54, 1.807) is 0 Å². The number of hydrogen-bond acceptors (Lipinski definition) is 2. The van der Waals surface area contributed by atoms with Crippen molar-refractivity contribution in [2.24, 2.45) is 11.8 Å². The lowest BCUT2D eigenvalue weighted by atomic mass is 10.0. The number of nitrogens with one attached hydrogen (secondary N) is 1. The van der Waals surface area contributed by atoms with Gasteiger partial charge in [0.2, 0.25) is 0 Å². The predicted molar refractivity (Wildman–Crippen MR) is 68.7 cm³/mol. The molecule has 4 rings (SSSR count). The molecular formula is C14H17N3. The van der Waals surface area contributed by atoms with Crippen molar-refractivity contribution in [1.29, 1.82) is 0 Å². The number of benzene rings is 1. The summed E-state index contributed by atoms with van der Waals surface area (Å²) in [5, 5.41) is 0. The minimum absolute atomic E-state index is 0.700. The molecule has 0 radical (unpaired) electrons. The molecule has 1 aromatic heterocycles. The Morgan fingerprint density at radius 3 is 2.71 bits per heavy atom. The van der Waals surface area contributed by atoms with Crippen LogP contribution in [0, 0.1) is 11.8 Å². The molecule has 2 aliphatic carbocycles. The number of imidazole rings is 1. The number of rotatable bonds is 1. The average molecular weight is 227 g/mol. The van der Waals surface area contributed by atoms with Gasteiger partial charge in [0.05, 0.1) is 11.0 Å². The summed E-state index contributed by atoms with van der Waals surface area (Å²) in [6.07, 6.45) is 5.61. The van der Waals surface area contributed by atoms with Gasteiger partial charge < -0.3 is 10.7 Å². The van der Waals surface area contributed by atoms with Gasteiger partial charge in [0.15, 0.2) is 0 Å². The third-order valence-corrected chi connectivity index (χ3v) is 4.50. The van der Waals surface area contributed by atoms with E-state index in [0.29, 0.717) is 5.92 Å². The van der Waals surface area contributed by atoms with Crippen LogP contribution in [0.15, 0.2) is 18.2 Å². The molecule has 0 spiro atoms. The molecule has 0 amide bonds. The first-order chi connectivity index (χ1) is 8.33. The van der Waals surface area contributed by atoms with E-state index >= 15 is 0 Å². The Morgan fingerprint density at radius 2 is 1.94 bits per heavy atom. The van der Waals surface area contributed by atoms with Crippen LogP contribution in [0.2, 0.25) is 0 Å². The Balaban J connectivity index is 1.72. The Kier molecular flexibility index (Phi) is 1.82. The van der Waals surface area contributed by atoms with E-state index in [0.717, 1.165) is 28.6 Å². The van der Waals surface area contributed by atoms with E-state index in [1.807, 2.05) is 18.2 Å². The fourth-order valence-electron chi connectivity index (χ4n) is 3.60. The highest BCUT2D eigenvalue weighted by molar-refractivity contribution is 5.78. The topological polar surface area (TPSA) is 54.7 Å². The molecular weight excluding hydrogens is 210 g/mol. The molecule has 3 nitrogen and oxygen atoms in total. The Morgan fingerprint density at radius 1 is 1.18 bits per heavy atom. The maximum absolute atomic E-state index is 5.79. The number of fused-ring (bicyclic) bond motifs is 2. The van der Waals surface area contributed by atoms with Gasteiger partial charge in [-0.25, -0.2) is 4.98 Å². The van der Waals surface area contributed by atoms with Gasteiger partial charge in [-0.2, -0.15) is 0 Å². The van der Waals surface area contributed by atoms with Crippen LogP contribution in [0.1, 0.15) is 37.4 Å². The van der Waals surface area contributed by atoms with Crippen LogP contribution in [0.25, 0.3) is 11.0 Å². The van der Waals surface area contributed by atoms with Gasteiger partial charge >= 0.3 is 0 Å². The van der Waals surface area contributed by atoms with Crippen LogP contribution in [0.4, 0.5) is 5.69 Å². The molecule has 1 heterocycles. The fraction of sp³-hybridized carbons (Fsp3) is 0.500. The summed E-state index contributed by atoms with van der Waals surface area (Å²) in [6.45, 7) is 0. The van der Waals surface area contributed by atoms with Crippen molar-refractivity contribution in [3.63, 3.8) is 0 Å². The Bertz CT molecular complexity index is 560. The second-order valence-corrected chi connectivity index (χ2v) is 5.54. The highest BCUT2D eigenvalue weighted by Crippen LogP contribution is 2.60. The zero-order chi connectivity index (χ0) is 11.4. The van der Waals surface area contributed by atoms with Gasteiger partial charge in [-0.15, -0.1) is 0 Å². The van der Waals surface area contributed by atoms with E-state index in [1.165, 1.54) is 31.5 Å². The average Bonchev–Trinajstić information content (AvgIpc) is 2.93. The number of aromatic nitrogens is 2. The fourth-order valence-corrected chi connectivity index (χ4v) is 3.60. The van der Waals surface area contributed by atoms with Crippen molar-refractivity contribution >= 4 is 16.7 Å². The lowest BCUT2D eigenvalue weighted by Gasteiger charge is -2.04.